The molecule has 1 heterocycles. The Labute approximate surface area is 117 Å². The molecule has 0 radical (unpaired) electrons. The van der Waals surface area contributed by atoms with Crippen LogP contribution in [0.1, 0.15) is 5.56 Å². The van der Waals surface area contributed by atoms with Gasteiger partial charge in [0.2, 0.25) is 0 Å². The fourth-order valence-corrected chi connectivity index (χ4v) is 2.67. The number of cyclic esters (lactones) is 1. The second-order valence-electron chi connectivity index (χ2n) is 4.99. The zero-order valence-electron chi connectivity index (χ0n) is 11.2. The van der Waals surface area contributed by atoms with Crippen LogP contribution in [0.5, 0.6) is 0 Å². The van der Waals surface area contributed by atoms with Gasteiger partial charge >= 0.3 is 6.09 Å². The molecule has 1 saturated heterocycles. The first-order valence-electron chi connectivity index (χ1n) is 6.80. The molecule has 0 bridgehead atoms. The topological polar surface area (TPSA) is 49.8 Å². The summed E-state index contributed by atoms with van der Waals surface area (Å²) in [6.07, 6.45) is 0.428. The van der Waals surface area contributed by atoms with Crippen molar-refractivity contribution in [2.24, 2.45) is 0 Å². The smallest absolute Gasteiger partial charge is 0.410 e. The van der Waals surface area contributed by atoms with Crippen molar-refractivity contribution in [3.63, 3.8) is 0 Å². The van der Waals surface area contributed by atoms with Gasteiger partial charge in [0, 0.05) is 6.54 Å². The lowest BCUT2D eigenvalue weighted by Gasteiger charge is -2.19. The quantitative estimate of drug-likeness (QED) is 0.927. The Bertz CT molecular complexity index is 621. The van der Waals surface area contributed by atoms with Gasteiger partial charge in [-0.3, -0.25) is 4.90 Å². The number of carbonyl (C=O) groups excluding carboxylic acids is 1. The van der Waals surface area contributed by atoms with Gasteiger partial charge in [-0.05, 0) is 22.8 Å². The van der Waals surface area contributed by atoms with Crippen molar-refractivity contribution in [3.05, 3.63) is 48.0 Å². The fraction of sp³-hybridized carbons (Fsp3) is 0.312. The number of amides is 1. The molecule has 0 spiro atoms. The molecule has 0 saturated carbocycles. The molecule has 1 atom stereocenters. The van der Waals surface area contributed by atoms with Gasteiger partial charge in [0.15, 0.2) is 0 Å². The van der Waals surface area contributed by atoms with Crippen LogP contribution in [-0.2, 0) is 11.2 Å². The summed E-state index contributed by atoms with van der Waals surface area (Å²) in [5, 5.41) is 11.7. The number of aliphatic hydroxyl groups is 1. The van der Waals surface area contributed by atoms with E-state index in [1.807, 2.05) is 18.2 Å². The highest BCUT2D eigenvalue weighted by Crippen LogP contribution is 2.20. The van der Waals surface area contributed by atoms with Crippen molar-refractivity contribution in [1.29, 1.82) is 0 Å². The standard InChI is InChI=1S/C16H17NO3/c18-10-14-11-20-16(19)17(14)9-8-13-6-3-5-12-4-1-2-7-15(12)13/h1-7,14,18H,8-11H2/t14-/m0/s1. The minimum Gasteiger partial charge on any atom is -0.447 e. The number of aliphatic hydroxyl groups excluding tert-OH is 1. The molecule has 0 unspecified atom stereocenters. The first-order valence-corrected chi connectivity index (χ1v) is 6.80. The number of ether oxygens (including phenoxy) is 1. The number of carbonyl (C=O) groups is 1. The Hall–Kier alpha value is -2.07. The Kier molecular flexibility index (Phi) is 3.56. The molecule has 0 aliphatic carbocycles. The van der Waals surface area contributed by atoms with Crippen molar-refractivity contribution >= 4 is 16.9 Å². The molecule has 1 amide bonds. The SMILES string of the molecule is O=C1OC[C@H](CO)N1CCc1cccc2ccccc12. The number of hydrogen-bond donors (Lipinski definition) is 1. The van der Waals surface area contributed by atoms with Crippen LogP contribution in [0.4, 0.5) is 4.79 Å². The van der Waals surface area contributed by atoms with E-state index in [0.717, 1.165) is 6.42 Å². The highest BCUT2D eigenvalue weighted by atomic mass is 16.6. The van der Waals surface area contributed by atoms with Crippen LogP contribution < -0.4 is 0 Å². The maximum atomic E-state index is 11.6. The lowest BCUT2D eigenvalue weighted by molar-refractivity contribution is 0.154. The van der Waals surface area contributed by atoms with Gasteiger partial charge in [0.05, 0.1) is 12.6 Å². The first-order chi connectivity index (χ1) is 9.79. The summed E-state index contributed by atoms with van der Waals surface area (Å²) in [5.74, 6) is 0. The van der Waals surface area contributed by atoms with E-state index in [2.05, 4.69) is 24.3 Å². The van der Waals surface area contributed by atoms with Crippen LogP contribution in [0.3, 0.4) is 0 Å². The molecule has 3 rings (SSSR count). The zero-order valence-corrected chi connectivity index (χ0v) is 11.2. The summed E-state index contributed by atoms with van der Waals surface area (Å²) in [6.45, 7) is 0.796. The molecule has 2 aromatic rings. The van der Waals surface area contributed by atoms with Gasteiger partial charge in [-0.15, -0.1) is 0 Å². The summed E-state index contributed by atoms with van der Waals surface area (Å²) < 4.78 is 4.97. The summed E-state index contributed by atoms with van der Waals surface area (Å²) in [4.78, 5) is 13.2. The molecule has 1 fully saturated rings. The van der Waals surface area contributed by atoms with Gasteiger partial charge in [-0.2, -0.15) is 0 Å². The first kappa shape index (κ1) is 12.9. The number of benzene rings is 2. The maximum absolute atomic E-state index is 11.6. The molecule has 4 nitrogen and oxygen atoms in total. The average molecular weight is 271 g/mol. The molecule has 1 aliphatic heterocycles. The normalized spacial score (nSPS) is 18.6. The van der Waals surface area contributed by atoms with Crippen molar-refractivity contribution < 1.29 is 14.6 Å². The second-order valence-corrected chi connectivity index (χ2v) is 4.99. The van der Waals surface area contributed by atoms with Gasteiger partial charge in [0.25, 0.3) is 0 Å². The summed E-state index contributed by atoms with van der Waals surface area (Å²) in [6, 6.07) is 14.2. The van der Waals surface area contributed by atoms with Gasteiger partial charge in [-0.25, -0.2) is 4.79 Å². The molecule has 4 heteroatoms. The number of fused-ring (bicyclic) bond motifs is 1. The van der Waals surface area contributed by atoms with Crippen molar-refractivity contribution in [2.45, 2.75) is 12.5 Å². The molecule has 104 valence electrons. The molecule has 2 aromatic carbocycles. The van der Waals surface area contributed by atoms with E-state index in [-0.39, 0.29) is 25.3 Å². The molecule has 20 heavy (non-hydrogen) atoms. The third kappa shape index (κ3) is 2.34. The monoisotopic (exact) mass is 271 g/mol. The lowest BCUT2D eigenvalue weighted by Crippen LogP contribution is -2.37. The molecule has 0 aromatic heterocycles. The lowest BCUT2D eigenvalue weighted by atomic mass is 10.0. The molecule has 1 aliphatic rings. The average Bonchev–Trinajstić information content (AvgIpc) is 2.85. The van der Waals surface area contributed by atoms with E-state index >= 15 is 0 Å². The molecular formula is C16H17NO3. The van der Waals surface area contributed by atoms with Crippen molar-refractivity contribution in [2.75, 3.05) is 19.8 Å². The minimum absolute atomic E-state index is 0.0543. The van der Waals surface area contributed by atoms with Crippen molar-refractivity contribution in [3.8, 4) is 0 Å². The minimum atomic E-state index is -0.329. The van der Waals surface area contributed by atoms with E-state index in [1.54, 1.807) is 4.90 Å². The number of hydrogen-bond acceptors (Lipinski definition) is 3. The van der Waals surface area contributed by atoms with Crippen LogP contribution in [0.2, 0.25) is 0 Å². The van der Waals surface area contributed by atoms with Crippen molar-refractivity contribution in [1.82, 2.24) is 4.90 Å². The van der Waals surface area contributed by atoms with E-state index in [1.165, 1.54) is 16.3 Å². The second kappa shape index (κ2) is 5.51. The molecule has 1 N–H and O–H groups in total. The predicted octanol–water partition coefficient (Wildman–Crippen LogP) is 2.20. The van der Waals surface area contributed by atoms with Crippen LogP contribution in [0.25, 0.3) is 10.8 Å². The Morgan fingerprint density at radius 3 is 2.85 bits per heavy atom. The number of nitrogens with zero attached hydrogens (tertiary/aromatic N) is 1. The van der Waals surface area contributed by atoms with Gasteiger partial charge in [-0.1, -0.05) is 42.5 Å². The van der Waals surface area contributed by atoms with Gasteiger partial charge in [0.1, 0.15) is 6.61 Å². The Morgan fingerprint density at radius 1 is 1.20 bits per heavy atom. The van der Waals surface area contributed by atoms with Gasteiger partial charge < -0.3 is 9.84 Å². The van der Waals surface area contributed by atoms with E-state index in [0.29, 0.717) is 6.54 Å². The van der Waals surface area contributed by atoms with E-state index in [9.17, 15) is 9.90 Å². The summed E-state index contributed by atoms with van der Waals surface area (Å²) >= 11 is 0. The Balaban J connectivity index is 1.78. The Morgan fingerprint density at radius 2 is 2.00 bits per heavy atom. The predicted molar refractivity (Wildman–Crippen MR) is 76.6 cm³/mol. The maximum Gasteiger partial charge on any atom is 0.410 e. The number of rotatable bonds is 4. The fourth-order valence-electron chi connectivity index (χ4n) is 2.67. The van der Waals surface area contributed by atoms with Crippen LogP contribution >= 0.6 is 0 Å². The summed E-state index contributed by atoms with van der Waals surface area (Å²) in [7, 11) is 0. The van der Waals surface area contributed by atoms with Crippen LogP contribution in [0, 0.1) is 0 Å². The zero-order chi connectivity index (χ0) is 13.9. The highest BCUT2D eigenvalue weighted by Gasteiger charge is 2.31. The highest BCUT2D eigenvalue weighted by molar-refractivity contribution is 5.85. The van der Waals surface area contributed by atoms with Crippen LogP contribution in [0.15, 0.2) is 42.5 Å². The summed E-state index contributed by atoms with van der Waals surface area (Å²) in [5.41, 5.74) is 1.21. The van der Waals surface area contributed by atoms with E-state index < -0.39 is 0 Å². The largest absolute Gasteiger partial charge is 0.447 e. The van der Waals surface area contributed by atoms with Crippen LogP contribution in [-0.4, -0.2) is 41.9 Å². The molecular weight excluding hydrogens is 254 g/mol. The third-order valence-corrected chi connectivity index (χ3v) is 3.79. The third-order valence-electron chi connectivity index (χ3n) is 3.79. The van der Waals surface area contributed by atoms with E-state index in [4.69, 9.17) is 4.74 Å².